The molecule has 1 aromatic rings. The molecule has 0 aliphatic rings. The third kappa shape index (κ3) is 3.04. The van der Waals surface area contributed by atoms with Crippen molar-refractivity contribution in [2.75, 3.05) is 7.05 Å². The fourth-order valence-electron chi connectivity index (χ4n) is 1.69. The lowest BCUT2D eigenvalue weighted by molar-refractivity contribution is 0.0717. The number of aromatic nitrogens is 1. The molecular weight excluding hydrogens is 268 g/mol. The van der Waals surface area contributed by atoms with Gasteiger partial charge in [0.25, 0.3) is 5.91 Å². The number of pyridine rings is 1. The van der Waals surface area contributed by atoms with Crippen LogP contribution in [0.4, 0.5) is 0 Å². The fraction of sp³-hybridized carbons (Fsp3) is 0.500. The maximum atomic E-state index is 12.1. The zero-order valence-corrected chi connectivity index (χ0v) is 11.5. The summed E-state index contributed by atoms with van der Waals surface area (Å²) in [5, 5.41) is 0. The van der Waals surface area contributed by atoms with Gasteiger partial charge in [-0.25, -0.2) is 4.98 Å². The summed E-state index contributed by atoms with van der Waals surface area (Å²) >= 11 is 3.30. The Kier molecular flexibility index (Phi) is 4.93. The first-order chi connectivity index (χ1) is 7.60. The highest BCUT2D eigenvalue weighted by molar-refractivity contribution is 9.10. The third-order valence-corrected chi connectivity index (χ3v) is 3.23. The van der Waals surface area contributed by atoms with Gasteiger partial charge in [0.1, 0.15) is 5.69 Å². The first-order valence-electron chi connectivity index (χ1n) is 5.48. The van der Waals surface area contributed by atoms with Crippen LogP contribution in [-0.2, 0) is 0 Å². The van der Waals surface area contributed by atoms with E-state index in [9.17, 15) is 4.79 Å². The molecule has 0 fully saturated rings. The maximum Gasteiger partial charge on any atom is 0.272 e. The maximum absolute atomic E-state index is 12.1. The largest absolute Gasteiger partial charge is 0.337 e. The Labute approximate surface area is 105 Å². The van der Waals surface area contributed by atoms with E-state index in [0.29, 0.717) is 5.69 Å². The molecule has 1 aromatic heterocycles. The molecule has 0 spiro atoms. The van der Waals surface area contributed by atoms with Gasteiger partial charge in [0.15, 0.2) is 0 Å². The van der Waals surface area contributed by atoms with Crippen molar-refractivity contribution < 1.29 is 4.79 Å². The third-order valence-electron chi connectivity index (χ3n) is 2.76. The fourth-order valence-corrected chi connectivity index (χ4v) is 1.92. The summed E-state index contributed by atoms with van der Waals surface area (Å²) in [5.41, 5.74) is 0.498. The average Bonchev–Trinajstić information content (AvgIpc) is 2.30. The number of carbonyl (C=O) groups excluding carboxylic acids is 1. The van der Waals surface area contributed by atoms with Crippen molar-refractivity contribution in [1.29, 1.82) is 0 Å². The Hall–Kier alpha value is -0.900. The molecule has 4 heteroatoms. The van der Waals surface area contributed by atoms with Crippen LogP contribution >= 0.6 is 15.9 Å². The van der Waals surface area contributed by atoms with E-state index in [0.717, 1.165) is 17.3 Å². The number of carbonyl (C=O) groups is 1. The summed E-state index contributed by atoms with van der Waals surface area (Å²) in [6.45, 7) is 4.18. The standard InChI is InChI=1S/C12H17BrN2O/c1-4-10(5-2)15(3)12(16)11-7-6-9(13)8-14-11/h6-8,10H,4-5H2,1-3H3. The molecular formula is C12H17BrN2O. The van der Waals surface area contributed by atoms with Crippen molar-refractivity contribution in [3.63, 3.8) is 0 Å². The van der Waals surface area contributed by atoms with Gasteiger partial charge in [-0.1, -0.05) is 13.8 Å². The number of nitrogens with zero attached hydrogens (tertiary/aromatic N) is 2. The van der Waals surface area contributed by atoms with Crippen molar-refractivity contribution in [1.82, 2.24) is 9.88 Å². The highest BCUT2D eigenvalue weighted by atomic mass is 79.9. The van der Waals surface area contributed by atoms with E-state index in [4.69, 9.17) is 0 Å². The molecule has 0 radical (unpaired) electrons. The Morgan fingerprint density at radius 3 is 2.50 bits per heavy atom. The van der Waals surface area contributed by atoms with Gasteiger partial charge in [0.05, 0.1) is 0 Å². The van der Waals surface area contributed by atoms with Gasteiger partial charge in [-0.15, -0.1) is 0 Å². The lowest BCUT2D eigenvalue weighted by Gasteiger charge is -2.25. The first-order valence-corrected chi connectivity index (χ1v) is 6.28. The van der Waals surface area contributed by atoms with Crippen LogP contribution in [0.3, 0.4) is 0 Å². The van der Waals surface area contributed by atoms with E-state index in [1.807, 2.05) is 13.1 Å². The van der Waals surface area contributed by atoms with E-state index in [1.54, 1.807) is 17.2 Å². The van der Waals surface area contributed by atoms with Crippen molar-refractivity contribution in [2.45, 2.75) is 32.7 Å². The van der Waals surface area contributed by atoms with E-state index >= 15 is 0 Å². The number of hydrogen-bond donors (Lipinski definition) is 0. The van der Waals surface area contributed by atoms with Crippen LogP contribution in [0.2, 0.25) is 0 Å². The van der Waals surface area contributed by atoms with Gasteiger partial charge >= 0.3 is 0 Å². The molecule has 1 amide bonds. The normalized spacial score (nSPS) is 10.6. The molecule has 3 nitrogen and oxygen atoms in total. The highest BCUT2D eigenvalue weighted by Crippen LogP contribution is 2.12. The summed E-state index contributed by atoms with van der Waals surface area (Å²) in [6.07, 6.45) is 3.58. The molecule has 0 unspecified atom stereocenters. The van der Waals surface area contributed by atoms with Crippen molar-refractivity contribution in [3.05, 3.63) is 28.5 Å². The second-order valence-corrected chi connectivity index (χ2v) is 4.66. The summed E-state index contributed by atoms with van der Waals surface area (Å²) in [6, 6.07) is 3.87. The molecule has 0 aromatic carbocycles. The van der Waals surface area contributed by atoms with Crippen LogP contribution in [0.15, 0.2) is 22.8 Å². The Morgan fingerprint density at radius 2 is 2.06 bits per heavy atom. The van der Waals surface area contributed by atoms with E-state index in [1.165, 1.54) is 0 Å². The number of amides is 1. The van der Waals surface area contributed by atoms with Crippen LogP contribution in [0.25, 0.3) is 0 Å². The van der Waals surface area contributed by atoms with Crippen molar-refractivity contribution in [2.24, 2.45) is 0 Å². The molecule has 0 N–H and O–H groups in total. The molecule has 0 saturated carbocycles. The van der Waals surface area contributed by atoms with Crippen LogP contribution < -0.4 is 0 Å². The molecule has 0 aliphatic carbocycles. The minimum Gasteiger partial charge on any atom is -0.337 e. The van der Waals surface area contributed by atoms with Gasteiger partial charge < -0.3 is 4.90 Å². The molecule has 1 rings (SSSR count). The minimum atomic E-state index is -0.0128. The second kappa shape index (κ2) is 5.99. The average molecular weight is 285 g/mol. The first kappa shape index (κ1) is 13.2. The molecule has 88 valence electrons. The van der Waals surface area contributed by atoms with Crippen LogP contribution in [-0.4, -0.2) is 28.9 Å². The molecule has 0 aliphatic heterocycles. The summed E-state index contributed by atoms with van der Waals surface area (Å²) < 4.78 is 0.884. The van der Waals surface area contributed by atoms with Gasteiger partial charge in [-0.2, -0.15) is 0 Å². The SMILES string of the molecule is CCC(CC)N(C)C(=O)c1ccc(Br)cn1. The van der Waals surface area contributed by atoms with Crippen molar-refractivity contribution in [3.8, 4) is 0 Å². The van der Waals surface area contributed by atoms with E-state index < -0.39 is 0 Å². The molecule has 0 atom stereocenters. The number of halogens is 1. The Bertz CT molecular complexity index is 347. The zero-order chi connectivity index (χ0) is 12.1. The summed E-state index contributed by atoms with van der Waals surface area (Å²) in [4.78, 5) is 17.9. The highest BCUT2D eigenvalue weighted by Gasteiger charge is 2.18. The van der Waals surface area contributed by atoms with Gasteiger partial charge in [0, 0.05) is 23.8 Å². The van der Waals surface area contributed by atoms with E-state index in [-0.39, 0.29) is 11.9 Å². The van der Waals surface area contributed by atoms with Gasteiger partial charge in [0.2, 0.25) is 0 Å². The molecule has 1 heterocycles. The molecule has 0 saturated heterocycles. The second-order valence-electron chi connectivity index (χ2n) is 3.75. The summed E-state index contributed by atoms with van der Waals surface area (Å²) in [7, 11) is 1.84. The number of hydrogen-bond acceptors (Lipinski definition) is 2. The van der Waals surface area contributed by atoms with Crippen molar-refractivity contribution >= 4 is 21.8 Å². The van der Waals surface area contributed by atoms with Crippen LogP contribution in [0, 0.1) is 0 Å². The monoisotopic (exact) mass is 284 g/mol. The smallest absolute Gasteiger partial charge is 0.272 e. The zero-order valence-electron chi connectivity index (χ0n) is 9.90. The molecule has 16 heavy (non-hydrogen) atoms. The lowest BCUT2D eigenvalue weighted by atomic mass is 10.1. The Morgan fingerprint density at radius 1 is 1.44 bits per heavy atom. The van der Waals surface area contributed by atoms with Crippen LogP contribution in [0.1, 0.15) is 37.2 Å². The van der Waals surface area contributed by atoms with Gasteiger partial charge in [-0.05, 0) is 40.9 Å². The minimum absolute atomic E-state index is 0.0128. The Balaban J connectivity index is 2.81. The quantitative estimate of drug-likeness (QED) is 0.851. The van der Waals surface area contributed by atoms with Crippen LogP contribution in [0.5, 0.6) is 0 Å². The topological polar surface area (TPSA) is 33.2 Å². The predicted molar refractivity (Wildman–Crippen MR) is 68.4 cm³/mol. The lowest BCUT2D eigenvalue weighted by Crippen LogP contribution is -2.36. The van der Waals surface area contributed by atoms with Gasteiger partial charge in [-0.3, -0.25) is 4.79 Å². The summed E-state index contributed by atoms with van der Waals surface area (Å²) in [5.74, 6) is -0.0128. The predicted octanol–water partition coefficient (Wildman–Crippen LogP) is 3.10. The number of rotatable bonds is 4. The van der Waals surface area contributed by atoms with E-state index in [2.05, 4.69) is 34.8 Å². The molecule has 0 bridgehead atoms.